The van der Waals surface area contributed by atoms with Crippen LogP contribution in [0, 0.1) is 5.92 Å². The Morgan fingerprint density at radius 1 is 1.47 bits per heavy atom. The lowest BCUT2D eigenvalue weighted by atomic mass is 10.0. The maximum Gasteiger partial charge on any atom is 0.306 e. The molecule has 19 heavy (non-hydrogen) atoms. The van der Waals surface area contributed by atoms with Crippen LogP contribution in [-0.2, 0) is 14.8 Å². The number of sulfonamides is 1. The summed E-state index contributed by atoms with van der Waals surface area (Å²) in [5, 5.41) is 14.8. The van der Waals surface area contributed by atoms with E-state index in [0.29, 0.717) is 19.3 Å². The summed E-state index contributed by atoms with van der Waals surface area (Å²) in [5.41, 5.74) is 0. The molecule has 1 aromatic heterocycles. The van der Waals surface area contributed by atoms with Crippen molar-refractivity contribution < 1.29 is 18.3 Å². The number of aromatic nitrogens is 2. The minimum Gasteiger partial charge on any atom is -0.481 e. The number of carboxylic acids is 1. The van der Waals surface area contributed by atoms with E-state index in [1.165, 1.54) is 12.4 Å². The molecule has 0 saturated carbocycles. The van der Waals surface area contributed by atoms with Crippen molar-refractivity contribution in [2.75, 3.05) is 0 Å². The van der Waals surface area contributed by atoms with Gasteiger partial charge in [0.1, 0.15) is 4.90 Å². The van der Waals surface area contributed by atoms with Crippen LogP contribution in [0.1, 0.15) is 33.1 Å². The molecule has 0 amide bonds. The van der Waals surface area contributed by atoms with Crippen LogP contribution in [0.25, 0.3) is 0 Å². The predicted molar refractivity (Wildman–Crippen MR) is 69.0 cm³/mol. The summed E-state index contributed by atoms with van der Waals surface area (Å²) < 4.78 is 26.2. The minimum atomic E-state index is -3.54. The Hall–Kier alpha value is -1.41. The maximum atomic E-state index is 11.8. The number of nitrogens with zero attached hydrogens (tertiary/aromatic N) is 1. The molecular weight excluding hydrogens is 270 g/mol. The zero-order valence-corrected chi connectivity index (χ0v) is 11.8. The largest absolute Gasteiger partial charge is 0.481 e. The minimum absolute atomic E-state index is 0.0956. The number of aliphatic carboxylic acids is 1. The van der Waals surface area contributed by atoms with E-state index in [4.69, 9.17) is 5.11 Å². The van der Waals surface area contributed by atoms with Crippen LogP contribution in [0.3, 0.4) is 0 Å². The number of rotatable bonds is 8. The SMILES string of the molecule is CC(CCCC(C)C(=O)O)NS(=O)(=O)c1cn[nH]c1. The fraction of sp³-hybridized carbons (Fsp3) is 0.636. The molecule has 1 heterocycles. The molecule has 7 nitrogen and oxygen atoms in total. The molecule has 8 heteroatoms. The number of aromatic amines is 1. The first-order chi connectivity index (χ1) is 8.83. The van der Waals surface area contributed by atoms with E-state index in [-0.39, 0.29) is 10.9 Å². The molecule has 2 unspecified atom stereocenters. The van der Waals surface area contributed by atoms with Gasteiger partial charge in [0.15, 0.2) is 0 Å². The molecule has 0 aliphatic rings. The van der Waals surface area contributed by atoms with Gasteiger partial charge < -0.3 is 5.11 Å². The molecule has 3 N–H and O–H groups in total. The molecular formula is C11H19N3O4S. The second-order valence-electron chi connectivity index (χ2n) is 4.63. The first-order valence-corrected chi connectivity index (χ1v) is 7.55. The normalized spacial score (nSPS) is 15.1. The van der Waals surface area contributed by atoms with E-state index < -0.39 is 21.9 Å². The average Bonchev–Trinajstić information content (AvgIpc) is 2.81. The Balaban J connectivity index is 2.40. The third-order valence-corrected chi connectivity index (χ3v) is 4.39. The van der Waals surface area contributed by atoms with Gasteiger partial charge in [-0.2, -0.15) is 5.10 Å². The van der Waals surface area contributed by atoms with Crippen LogP contribution in [0.5, 0.6) is 0 Å². The molecule has 108 valence electrons. The third-order valence-electron chi connectivity index (χ3n) is 2.84. The van der Waals surface area contributed by atoms with Crippen LogP contribution in [-0.4, -0.2) is 35.7 Å². The van der Waals surface area contributed by atoms with Gasteiger partial charge in [0.05, 0.1) is 12.1 Å². The van der Waals surface area contributed by atoms with Gasteiger partial charge in [-0.15, -0.1) is 0 Å². The molecule has 0 aromatic carbocycles. The smallest absolute Gasteiger partial charge is 0.306 e. The number of carboxylic acid groups (broad SMARTS) is 1. The lowest BCUT2D eigenvalue weighted by Crippen LogP contribution is -2.32. The van der Waals surface area contributed by atoms with Gasteiger partial charge in [-0.3, -0.25) is 9.89 Å². The monoisotopic (exact) mass is 289 g/mol. The number of hydrogen-bond donors (Lipinski definition) is 3. The van der Waals surface area contributed by atoms with Crippen LogP contribution in [0.15, 0.2) is 17.3 Å². The van der Waals surface area contributed by atoms with Crippen molar-refractivity contribution >= 4 is 16.0 Å². The van der Waals surface area contributed by atoms with Crippen molar-refractivity contribution in [3.05, 3.63) is 12.4 Å². The van der Waals surface area contributed by atoms with Gasteiger partial charge in [0.25, 0.3) is 0 Å². The van der Waals surface area contributed by atoms with Gasteiger partial charge in [-0.1, -0.05) is 13.3 Å². The molecule has 1 rings (SSSR count). The van der Waals surface area contributed by atoms with Gasteiger partial charge in [0, 0.05) is 12.2 Å². The lowest BCUT2D eigenvalue weighted by molar-refractivity contribution is -0.141. The molecule has 0 aliphatic carbocycles. The molecule has 2 atom stereocenters. The Bertz CT molecular complexity index is 498. The second-order valence-corrected chi connectivity index (χ2v) is 6.34. The lowest BCUT2D eigenvalue weighted by Gasteiger charge is -2.14. The van der Waals surface area contributed by atoms with Crippen LogP contribution < -0.4 is 4.72 Å². The fourth-order valence-corrected chi connectivity index (χ4v) is 2.81. The van der Waals surface area contributed by atoms with Gasteiger partial charge in [-0.25, -0.2) is 13.1 Å². The number of hydrogen-bond acceptors (Lipinski definition) is 4. The summed E-state index contributed by atoms with van der Waals surface area (Å²) in [6, 6.07) is -0.249. The number of H-pyrrole nitrogens is 1. The highest BCUT2D eigenvalue weighted by molar-refractivity contribution is 7.89. The van der Waals surface area contributed by atoms with E-state index >= 15 is 0 Å². The summed E-state index contributed by atoms with van der Waals surface area (Å²) in [5.74, 6) is -1.23. The molecule has 0 radical (unpaired) electrons. The highest BCUT2D eigenvalue weighted by Crippen LogP contribution is 2.12. The third kappa shape index (κ3) is 4.99. The highest BCUT2D eigenvalue weighted by Gasteiger charge is 2.18. The number of nitrogens with one attached hydrogen (secondary N) is 2. The molecule has 0 aliphatic heterocycles. The summed E-state index contributed by atoms with van der Waals surface area (Å²) >= 11 is 0. The first-order valence-electron chi connectivity index (χ1n) is 6.07. The molecule has 0 fully saturated rings. The molecule has 1 aromatic rings. The number of carbonyl (C=O) groups is 1. The second kappa shape index (κ2) is 6.67. The van der Waals surface area contributed by atoms with E-state index in [9.17, 15) is 13.2 Å². The zero-order chi connectivity index (χ0) is 14.5. The molecule has 0 bridgehead atoms. The quantitative estimate of drug-likeness (QED) is 0.660. The summed E-state index contributed by atoms with van der Waals surface area (Å²) in [7, 11) is -3.54. The summed E-state index contributed by atoms with van der Waals surface area (Å²) in [6.45, 7) is 3.39. The van der Waals surface area contributed by atoms with Crippen LogP contribution in [0.2, 0.25) is 0 Å². The maximum absolute atomic E-state index is 11.8. The van der Waals surface area contributed by atoms with E-state index in [0.717, 1.165) is 0 Å². The molecule has 0 saturated heterocycles. The summed E-state index contributed by atoms with van der Waals surface area (Å²) in [4.78, 5) is 10.7. The van der Waals surface area contributed by atoms with Crippen molar-refractivity contribution in [3.63, 3.8) is 0 Å². The Morgan fingerprint density at radius 2 is 2.16 bits per heavy atom. The van der Waals surface area contributed by atoms with Crippen molar-refractivity contribution in [2.24, 2.45) is 5.92 Å². The topological polar surface area (TPSA) is 112 Å². The highest BCUT2D eigenvalue weighted by atomic mass is 32.2. The van der Waals surface area contributed by atoms with E-state index in [1.807, 2.05) is 0 Å². The van der Waals surface area contributed by atoms with Crippen molar-refractivity contribution in [3.8, 4) is 0 Å². The van der Waals surface area contributed by atoms with Crippen molar-refractivity contribution in [1.29, 1.82) is 0 Å². The van der Waals surface area contributed by atoms with Gasteiger partial charge in [0.2, 0.25) is 10.0 Å². The van der Waals surface area contributed by atoms with Gasteiger partial charge >= 0.3 is 5.97 Å². The van der Waals surface area contributed by atoms with Crippen molar-refractivity contribution in [1.82, 2.24) is 14.9 Å². The first kappa shape index (κ1) is 15.6. The van der Waals surface area contributed by atoms with E-state index in [1.54, 1.807) is 13.8 Å². The molecule has 0 spiro atoms. The summed E-state index contributed by atoms with van der Waals surface area (Å²) in [6.07, 6.45) is 4.33. The van der Waals surface area contributed by atoms with Crippen LogP contribution >= 0.6 is 0 Å². The fourth-order valence-electron chi connectivity index (χ4n) is 1.63. The Labute approximate surface area is 112 Å². The Morgan fingerprint density at radius 3 is 2.68 bits per heavy atom. The van der Waals surface area contributed by atoms with E-state index in [2.05, 4.69) is 14.9 Å². The zero-order valence-electron chi connectivity index (χ0n) is 11.0. The standard InChI is InChI=1S/C11H19N3O4S/c1-8(11(15)16)4-3-5-9(2)14-19(17,18)10-6-12-13-7-10/h6-9,14H,3-5H2,1-2H3,(H,12,13)(H,15,16). The van der Waals surface area contributed by atoms with Gasteiger partial charge in [-0.05, 0) is 19.8 Å². The average molecular weight is 289 g/mol. The predicted octanol–water partition coefficient (Wildman–Crippen LogP) is 0.968. The van der Waals surface area contributed by atoms with Crippen molar-refractivity contribution in [2.45, 2.75) is 44.0 Å². The Kier molecular flexibility index (Phi) is 5.49. The van der Waals surface area contributed by atoms with Crippen LogP contribution in [0.4, 0.5) is 0 Å².